The van der Waals surface area contributed by atoms with Crippen molar-refractivity contribution in [3.63, 3.8) is 0 Å². The maximum absolute atomic E-state index is 5.52. The minimum atomic E-state index is 0.772. The van der Waals surface area contributed by atoms with Gasteiger partial charge in [-0.15, -0.1) is 6.42 Å². The van der Waals surface area contributed by atoms with E-state index in [4.69, 9.17) is 6.42 Å². The van der Waals surface area contributed by atoms with Gasteiger partial charge in [0.25, 0.3) is 0 Å². The van der Waals surface area contributed by atoms with Crippen LogP contribution >= 0.6 is 0 Å². The first-order valence-corrected chi connectivity index (χ1v) is 7.44. The number of aryl methyl sites for hydroxylation is 2. The van der Waals surface area contributed by atoms with Crippen molar-refractivity contribution in [2.24, 2.45) is 0 Å². The third-order valence-corrected chi connectivity index (χ3v) is 4.26. The zero-order chi connectivity index (χ0) is 14.1. The highest BCUT2D eigenvalue weighted by Crippen LogP contribution is 2.46. The predicted octanol–water partition coefficient (Wildman–Crippen LogP) is 5.08. The first-order valence-electron chi connectivity index (χ1n) is 7.44. The fourth-order valence-electron chi connectivity index (χ4n) is 3.02. The summed E-state index contributed by atoms with van der Waals surface area (Å²) in [5.41, 5.74) is 7.96. The van der Waals surface area contributed by atoms with Gasteiger partial charge in [0, 0.05) is 5.56 Å². The Balaban J connectivity index is 2.15. The molecule has 1 saturated carbocycles. The van der Waals surface area contributed by atoms with Crippen LogP contribution < -0.4 is 0 Å². The van der Waals surface area contributed by atoms with Gasteiger partial charge in [0.1, 0.15) is 0 Å². The minimum Gasteiger partial charge on any atom is -0.115 e. The van der Waals surface area contributed by atoms with Crippen molar-refractivity contribution in [2.45, 2.75) is 39.0 Å². The Morgan fingerprint density at radius 1 is 1.20 bits per heavy atom. The molecule has 0 unspecified atom stereocenters. The summed E-state index contributed by atoms with van der Waals surface area (Å²) >= 11 is 0. The first-order chi connectivity index (χ1) is 9.74. The van der Waals surface area contributed by atoms with Gasteiger partial charge in [-0.05, 0) is 66.0 Å². The molecule has 20 heavy (non-hydrogen) atoms. The fourth-order valence-corrected chi connectivity index (χ4v) is 3.02. The van der Waals surface area contributed by atoms with E-state index in [1.54, 1.807) is 5.56 Å². The lowest BCUT2D eigenvalue weighted by Gasteiger charge is -2.14. The second kappa shape index (κ2) is 5.17. The smallest absolute Gasteiger partial charge is 0.0272 e. The predicted molar refractivity (Wildman–Crippen MR) is 85.9 cm³/mol. The molecule has 0 heteroatoms. The molecule has 0 spiro atoms. The topological polar surface area (TPSA) is 0 Å². The number of terminal acetylenes is 1. The molecule has 0 N–H and O–H groups in total. The van der Waals surface area contributed by atoms with E-state index >= 15 is 0 Å². The monoisotopic (exact) mass is 260 g/mol. The Morgan fingerprint density at radius 2 is 2.00 bits per heavy atom. The molecule has 2 aromatic rings. The second-order valence-corrected chi connectivity index (χ2v) is 5.68. The SMILES string of the molecule is C#Cc1ccc(-c2cccc(CC)c2C2CC2)cc1C. The molecule has 0 heterocycles. The zero-order valence-electron chi connectivity index (χ0n) is 12.2. The summed E-state index contributed by atoms with van der Waals surface area (Å²) in [6, 6.07) is 13.2. The van der Waals surface area contributed by atoms with E-state index in [1.807, 2.05) is 0 Å². The van der Waals surface area contributed by atoms with Crippen molar-refractivity contribution >= 4 is 0 Å². The molecular weight excluding hydrogens is 240 g/mol. The van der Waals surface area contributed by atoms with Gasteiger partial charge < -0.3 is 0 Å². The molecule has 0 atom stereocenters. The van der Waals surface area contributed by atoms with Crippen LogP contribution in [0.3, 0.4) is 0 Å². The molecule has 3 rings (SSSR count). The van der Waals surface area contributed by atoms with E-state index in [-0.39, 0.29) is 0 Å². The summed E-state index contributed by atoms with van der Waals surface area (Å²) in [4.78, 5) is 0. The molecular formula is C20H20. The summed E-state index contributed by atoms with van der Waals surface area (Å²) in [6.07, 6.45) is 9.31. The molecule has 0 bridgehead atoms. The first kappa shape index (κ1) is 13.0. The van der Waals surface area contributed by atoms with E-state index in [0.29, 0.717) is 0 Å². The van der Waals surface area contributed by atoms with Gasteiger partial charge in [0.2, 0.25) is 0 Å². The van der Waals surface area contributed by atoms with Gasteiger partial charge in [-0.3, -0.25) is 0 Å². The molecule has 2 aromatic carbocycles. The van der Waals surface area contributed by atoms with E-state index in [9.17, 15) is 0 Å². The van der Waals surface area contributed by atoms with Gasteiger partial charge in [-0.25, -0.2) is 0 Å². The number of hydrogen-bond acceptors (Lipinski definition) is 0. The third kappa shape index (κ3) is 2.25. The van der Waals surface area contributed by atoms with Crippen molar-refractivity contribution in [3.8, 4) is 23.5 Å². The van der Waals surface area contributed by atoms with Crippen LogP contribution in [-0.4, -0.2) is 0 Å². The minimum absolute atomic E-state index is 0.772. The van der Waals surface area contributed by atoms with Crippen LogP contribution in [0.25, 0.3) is 11.1 Å². The van der Waals surface area contributed by atoms with Crippen LogP contribution in [0.1, 0.15) is 47.9 Å². The summed E-state index contributed by atoms with van der Waals surface area (Å²) < 4.78 is 0. The van der Waals surface area contributed by atoms with E-state index in [1.165, 1.54) is 35.1 Å². The van der Waals surface area contributed by atoms with Crippen LogP contribution in [0, 0.1) is 19.3 Å². The largest absolute Gasteiger partial charge is 0.115 e. The summed E-state index contributed by atoms with van der Waals surface area (Å²) in [5.74, 6) is 3.52. The number of rotatable bonds is 3. The Labute approximate surface area is 121 Å². The van der Waals surface area contributed by atoms with Crippen molar-refractivity contribution in [1.29, 1.82) is 0 Å². The summed E-state index contributed by atoms with van der Waals surface area (Å²) in [7, 11) is 0. The van der Waals surface area contributed by atoms with Crippen LogP contribution in [-0.2, 0) is 6.42 Å². The lowest BCUT2D eigenvalue weighted by molar-refractivity contribution is 1.03. The zero-order valence-corrected chi connectivity index (χ0v) is 12.2. The number of hydrogen-bond donors (Lipinski definition) is 0. The summed E-state index contributed by atoms with van der Waals surface area (Å²) in [5, 5.41) is 0. The Kier molecular flexibility index (Phi) is 3.36. The highest BCUT2D eigenvalue weighted by Gasteiger charge is 2.28. The van der Waals surface area contributed by atoms with Crippen molar-refractivity contribution in [2.75, 3.05) is 0 Å². The summed E-state index contributed by atoms with van der Waals surface area (Å²) in [6.45, 7) is 4.34. The molecule has 0 amide bonds. The highest BCUT2D eigenvalue weighted by molar-refractivity contribution is 5.72. The lowest BCUT2D eigenvalue weighted by Crippen LogP contribution is -1.95. The molecule has 0 radical (unpaired) electrons. The van der Waals surface area contributed by atoms with Gasteiger partial charge >= 0.3 is 0 Å². The maximum atomic E-state index is 5.52. The lowest BCUT2D eigenvalue weighted by atomic mass is 9.90. The Hall–Kier alpha value is -2.00. The standard InChI is InChI=1S/C20H20/c1-4-15-9-12-18(13-14(15)3)19-8-6-7-16(5-2)20(19)17-10-11-17/h1,6-9,12-13,17H,5,10-11H2,2-3H3. The van der Waals surface area contributed by atoms with Crippen molar-refractivity contribution in [1.82, 2.24) is 0 Å². The van der Waals surface area contributed by atoms with Gasteiger partial charge in [0.05, 0.1) is 0 Å². The van der Waals surface area contributed by atoms with Crippen LogP contribution in [0.15, 0.2) is 36.4 Å². The molecule has 1 fully saturated rings. The van der Waals surface area contributed by atoms with E-state index in [0.717, 1.165) is 17.9 Å². The average Bonchev–Trinajstić information content (AvgIpc) is 3.30. The fraction of sp³-hybridized carbons (Fsp3) is 0.300. The normalized spacial score (nSPS) is 14.1. The van der Waals surface area contributed by atoms with E-state index in [2.05, 4.69) is 56.2 Å². The average molecular weight is 260 g/mol. The van der Waals surface area contributed by atoms with E-state index < -0.39 is 0 Å². The molecule has 100 valence electrons. The molecule has 1 aliphatic carbocycles. The quantitative estimate of drug-likeness (QED) is 0.675. The second-order valence-electron chi connectivity index (χ2n) is 5.68. The van der Waals surface area contributed by atoms with Gasteiger partial charge in [0.15, 0.2) is 0 Å². The Morgan fingerprint density at radius 3 is 2.60 bits per heavy atom. The van der Waals surface area contributed by atoms with Crippen LogP contribution in [0.2, 0.25) is 0 Å². The Bertz CT molecular complexity index is 682. The van der Waals surface area contributed by atoms with Gasteiger partial charge in [-0.2, -0.15) is 0 Å². The van der Waals surface area contributed by atoms with Crippen LogP contribution in [0.4, 0.5) is 0 Å². The molecule has 0 saturated heterocycles. The number of benzene rings is 2. The maximum Gasteiger partial charge on any atom is 0.0272 e. The highest BCUT2D eigenvalue weighted by atomic mass is 14.3. The van der Waals surface area contributed by atoms with Crippen LogP contribution in [0.5, 0.6) is 0 Å². The third-order valence-electron chi connectivity index (χ3n) is 4.26. The van der Waals surface area contributed by atoms with Gasteiger partial charge in [-0.1, -0.05) is 43.2 Å². The van der Waals surface area contributed by atoms with Crippen molar-refractivity contribution < 1.29 is 0 Å². The molecule has 0 aliphatic heterocycles. The molecule has 0 aromatic heterocycles. The van der Waals surface area contributed by atoms with Crippen molar-refractivity contribution in [3.05, 3.63) is 58.7 Å². The molecule has 0 nitrogen and oxygen atoms in total. The molecule has 1 aliphatic rings.